The quantitative estimate of drug-likeness (QED) is 0.691. The van der Waals surface area contributed by atoms with Crippen LogP contribution in [0.4, 0.5) is 0 Å². The molecule has 0 radical (unpaired) electrons. The first-order chi connectivity index (χ1) is 7.64. The van der Waals surface area contributed by atoms with Gasteiger partial charge in [0.05, 0.1) is 12.4 Å². The predicted molar refractivity (Wildman–Crippen MR) is 68.3 cm³/mol. The van der Waals surface area contributed by atoms with E-state index in [0.29, 0.717) is 0 Å². The summed E-state index contributed by atoms with van der Waals surface area (Å²) in [6.45, 7) is 16.4. The molecular weight excluding hydrogens is 216 g/mol. The summed E-state index contributed by atoms with van der Waals surface area (Å²) in [5, 5.41) is 0. The molecule has 0 spiro atoms. The second-order valence-electron chi connectivity index (χ2n) is 6.79. The summed E-state index contributed by atoms with van der Waals surface area (Å²) in [6.07, 6.45) is 1.81. The molecule has 0 saturated carbocycles. The van der Waals surface area contributed by atoms with Gasteiger partial charge in [-0.3, -0.25) is 0 Å². The van der Waals surface area contributed by atoms with Crippen molar-refractivity contribution in [3.8, 4) is 0 Å². The molecule has 0 amide bonds. The number of rotatable bonds is 2. The molecule has 0 bridgehead atoms. The van der Waals surface area contributed by atoms with Crippen LogP contribution in [0, 0.1) is 10.8 Å². The number of hydrogen-bond acceptors (Lipinski definition) is 3. The van der Waals surface area contributed by atoms with Gasteiger partial charge in [-0.15, -0.1) is 0 Å². The molecule has 0 aromatic heterocycles. The van der Waals surface area contributed by atoms with E-state index in [-0.39, 0.29) is 29.5 Å². The third-order valence-corrected chi connectivity index (χ3v) is 2.89. The van der Waals surface area contributed by atoms with Crippen LogP contribution < -0.4 is 0 Å². The van der Waals surface area contributed by atoms with E-state index in [1.807, 2.05) is 0 Å². The summed E-state index contributed by atoms with van der Waals surface area (Å²) < 4.78 is 17.3. The Balaban J connectivity index is 2.80. The third-order valence-electron chi connectivity index (χ3n) is 2.89. The van der Waals surface area contributed by atoms with Gasteiger partial charge in [0.1, 0.15) is 0 Å². The summed E-state index contributed by atoms with van der Waals surface area (Å²) in [7, 11) is 0. The zero-order chi connectivity index (χ0) is 13.3. The molecule has 1 rings (SSSR count). The first-order valence-corrected chi connectivity index (χ1v) is 6.22. The average molecular weight is 242 g/mol. The molecule has 1 heterocycles. The lowest BCUT2D eigenvalue weighted by molar-refractivity contribution is -0.335. The van der Waals surface area contributed by atoms with Crippen LogP contribution in [-0.2, 0) is 14.2 Å². The van der Waals surface area contributed by atoms with E-state index in [0.717, 1.165) is 6.42 Å². The van der Waals surface area contributed by atoms with Crippen molar-refractivity contribution in [1.82, 2.24) is 0 Å². The second-order valence-corrected chi connectivity index (χ2v) is 6.79. The zero-order valence-electron chi connectivity index (χ0n) is 11.9. The minimum Gasteiger partial charge on any atom is -0.473 e. The Bertz CT molecular complexity index is 238. The Hall–Kier alpha value is -0.540. The van der Waals surface area contributed by atoms with Crippen LogP contribution in [0.15, 0.2) is 12.8 Å². The largest absolute Gasteiger partial charge is 0.473 e. The lowest BCUT2D eigenvalue weighted by Crippen LogP contribution is -2.49. The van der Waals surface area contributed by atoms with Crippen molar-refractivity contribution < 1.29 is 14.2 Å². The molecule has 1 fully saturated rings. The molecule has 3 atom stereocenters. The monoisotopic (exact) mass is 242 g/mol. The molecule has 1 aliphatic heterocycles. The highest BCUT2D eigenvalue weighted by atomic mass is 16.8. The van der Waals surface area contributed by atoms with E-state index >= 15 is 0 Å². The number of ether oxygens (including phenoxy) is 3. The van der Waals surface area contributed by atoms with Crippen molar-refractivity contribution in [3.63, 3.8) is 0 Å². The summed E-state index contributed by atoms with van der Waals surface area (Å²) >= 11 is 0. The fraction of sp³-hybridized carbons (Fsp3) is 0.857. The van der Waals surface area contributed by atoms with Crippen LogP contribution in [0.5, 0.6) is 0 Å². The van der Waals surface area contributed by atoms with Crippen LogP contribution in [-0.4, -0.2) is 18.7 Å². The van der Waals surface area contributed by atoms with E-state index in [4.69, 9.17) is 14.2 Å². The smallest absolute Gasteiger partial charge is 0.204 e. The molecule has 0 aromatic rings. The molecule has 0 aliphatic carbocycles. The van der Waals surface area contributed by atoms with Gasteiger partial charge in [0.25, 0.3) is 0 Å². The number of hydrogen-bond donors (Lipinski definition) is 0. The van der Waals surface area contributed by atoms with E-state index in [1.165, 1.54) is 6.26 Å². The standard InChI is InChI=1S/C14H26O3/c1-8-15-11-9-10(13(2,3)4)16-12(17-11)14(5,6)7/h8,10-12H,1,9H2,2-7H3/t10-,11+,12+/m1/s1. The fourth-order valence-corrected chi connectivity index (χ4v) is 1.77. The zero-order valence-corrected chi connectivity index (χ0v) is 11.9. The van der Waals surface area contributed by atoms with Gasteiger partial charge >= 0.3 is 0 Å². The van der Waals surface area contributed by atoms with Gasteiger partial charge in [-0.25, -0.2) is 0 Å². The Morgan fingerprint density at radius 2 is 1.65 bits per heavy atom. The minimum atomic E-state index is -0.255. The maximum absolute atomic E-state index is 6.06. The van der Waals surface area contributed by atoms with E-state index in [9.17, 15) is 0 Å². The highest BCUT2D eigenvalue weighted by molar-refractivity contribution is 4.82. The molecule has 0 aromatic carbocycles. The van der Waals surface area contributed by atoms with Crippen LogP contribution in [0.3, 0.4) is 0 Å². The van der Waals surface area contributed by atoms with Gasteiger partial charge in [-0.05, 0) is 5.41 Å². The first-order valence-electron chi connectivity index (χ1n) is 6.22. The second kappa shape index (κ2) is 4.99. The van der Waals surface area contributed by atoms with Crippen LogP contribution >= 0.6 is 0 Å². The van der Waals surface area contributed by atoms with Crippen molar-refractivity contribution in [2.45, 2.75) is 66.6 Å². The molecule has 100 valence electrons. The maximum atomic E-state index is 6.06. The van der Waals surface area contributed by atoms with E-state index in [2.05, 4.69) is 48.1 Å². The van der Waals surface area contributed by atoms with Gasteiger partial charge in [0.2, 0.25) is 6.29 Å². The third kappa shape index (κ3) is 4.00. The van der Waals surface area contributed by atoms with Gasteiger partial charge in [0, 0.05) is 11.8 Å². The average Bonchev–Trinajstić information content (AvgIpc) is 2.15. The molecule has 17 heavy (non-hydrogen) atoms. The van der Waals surface area contributed by atoms with Crippen molar-refractivity contribution in [2.24, 2.45) is 10.8 Å². The van der Waals surface area contributed by atoms with Crippen LogP contribution in [0.25, 0.3) is 0 Å². The Labute approximate surface area is 105 Å². The van der Waals surface area contributed by atoms with Gasteiger partial charge in [-0.1, -0.05) is 48.1 Å². The molecule has 0 unspecified atom stereocenters. The highest BCUT2D eigenvalue weighted by Gasteiger charge is 2.41. The molecule has 3 nitrogen and oxygen atoms in total. The molecular formula is C14H26O3. The molecule has 1 aliphatic rings. The van der Waals surface area contributed by atoms with Crippen molar-refractivity contribution >= 4 is 0 Å². The fourth-order valence-electron chi connectivity index (χ4n) is 1.77. The Morgan fingerprint density at radius 3 is 2.06 bits per heavy atom. The van der Waals surface area contributed by atoms with E-state index in [1.54, 1.807) is 0 Å². The van der Waals surface area contributed by atoms with Crippen molar-refractivity contribution in [1.29, 1.82) is 0 Å². The maximum Gasteiger partial charge on any atom is 0.204 e. The molecule has 1 saturated heterocycles. The van der Waals surface area contributed by atoms with E-state index < -0.39 is 0 Å². The van der Waals surface area contributed by atoms with Crippen molar-refractivity contribution in [3.05, 3.63) is 12.8 Å². The van der Waals surface area contributed by atoms with Gasteiger partial charge in [-0.2, -0.15) is 0 Å². The summed E-state index contributed by atoms with van der Waals surface area (Å²) in [5.41, 5.74) is 0.0166. The summed E-state index contributed by atoms with van der Waals surface area (Å²) in [5.74, 6) is 0. The van der Waals surface area contributed by atoms with Crippen molar-refractivity contribution in [2.75, 3.05) is 0 Å². The lowest BCUT2D eigenvalue weighted by Gasteiger charge is -2.44. The van der Waals surface area contributed by atoms with Gasteiger partial charge < -0.3 is 14.2 Å². The first kappa shape index (κ1) is 14.5. The Kier molecular flexibility index (Phi) is 4.26. The van der Waals surface area contributed by atoms with Crippen LogP contribution in [0.2, 0.25) is 0 Å². The topological polar surface area (TPSA) is 27.7 Å². The summed E-state index contributed by atoms with van der Waals surface area (Å²) in [4.78, 5) is 0. The highest BCUT2D eigenvalue weighted by Crippen LogP contribution is 2.37. The molecule has 0 N–H and O–H groups in total. The Morgan fingerprint density at radius 1 is 1.06 bits per heavy atom. The lowest BCUT2D eigenvalue weighted by atomic mass is 9.85. The minimum absolute atomic E-state index is 0.0628. The predicted octanol–water partition coefficient (Wildman–Crippen LogP) is 3.70. The normalized spacial score (nSPS) is 31.1. The van der Waals surface area contributed by atoms with Gasteiger partial charge in [0.15, 0.2) is 6.29 Å². The summed E-state index contributed by atoms with van der Waals surface area (Å²) in [6, 6.07) is 0. The SMILES string of the molecule is C=CO[C@@H]1C[C@H](C(C)(C)C)O[C@H](C(C)(C)C)O1. The molecule has 3 heteroatoms. The van der Waals surface area contributed by atoms with Crippen LogP contribution in [0.1, 0.15) is 48.0 Å².